The average molecular weight is 250 g/mol. The van der Waals surface area contributed by atoms with Crippen molar-refractivity contribution in [2.24, 2.45) is 5.92 Å². The van der Waals surface area contributed by atoms with Gasteiger partial charge in [0.05, 0.1) is 12.5 Å². The van der Waals surface area contributed by atoms with Crippen molar-refractivity contribution in [3.63, 3.8) is 0 Å². The highest BCUT2D eigenvalue weighted by Gasteiger charge is 2.43. The highest BCUT2D eigenvalue weighted by Crippen LogP contribution is 2.34. The molecule has 2 aliphatic heterocycles. The zero-order chi connectivity index (χ0) is 11.8. The number of nitrogens with zero attached hydrogens (tertiary/aromatic N) is 1. The fraction of sp³-hybridized carbons (Fsp3) is 0.615. The van der Waals surface area contributed by atoms with E-state index in [1.54, 1.807) is 11.3 Å². The van der Waals surface area contributed by atoms with Crippen LogP contribution in [-0.4, -0.2) is 29.9 Å². The third kappa shape index (κ3) is 2.11. The minimum atomic E-state index is 0.221. The molecule has 1 aromatic rings. The van der Waals surface area contributed by atoms with Gasteiger partial charge in [-0.1, -0.05) is 6.07 Å². The molecule has 3 heterocycles. The lowest BCUT2D eigenvalue weighted by molar-refractivity contribution is -0.135. The SMILES string of the molecule is CN(Cc1cccs1)C(=O)C1CC2CCC1N2. The molecule has 17 heavy (non-hydrogen) atoms. The van der Waals surface area contributed by atoms with E-state index in [4.69, 9.17) is 0 Å². The number of hydrogen-bond acceptors (Lipinski definition) is 3. The summed E-state index contributed by atoms with van der Waals surface area (Å²) in [5.74, 6) is 0.539. The molecule has 4 heteroatoms. The molecule has 0 aliphatic carbocycles. The number of amides is 1. The summed E-state index contributed by atoms with van der Waals surface area (Å²) in [7, 11) is 1.92. The molecule has 2 saturated heterocycles. The van der Waals surface area contributed by atoms with Crippen molar-refractivity contribution < 1.29 is 4.79 Å². The molecule has 0 radical (unpaired) electrons. The Morgan fingerprint density at radius 1 is 1.59 bits per heavy atom. The molecule has 3 atom stereocenters. The monoisotopic (exact) mass is 250 g/mol. The van der Waals surface area contributed by atoms with Crippen molar-refractivity contribution in [3.8, 4) is 0 Å². The van der Waals surface area contributed by atoms with E-state index < -0.39 is 0 Å². The minimum absolute atomic E-state index is 0.221. The molecule has 1 amide bonds. The zero-order valence-corrected chi connectivity index (χ0v) is 10.9. The number of carbonyl (C=O) groups is 1. The maximum absolute atomic E-state index is 12.4. The topological polar surface area (TPSA) is 32.3 Å². The van der Waals surface area contributed by atoms with E-state index in [9.17, 15) is 4.79 Å². The Morgan fingerprint density at radius 2 is 2.47 bits per heavy atom. The van der Waals surface area contributed by atoms with Gasteiger partial charge >= 0.3 is 0 Å². The third-order valence-corrected chi connectivity index (χ3v) is 4.83. The fourth-order valence-electron chi connectivity index (χ4n) is 3.09. The van der Waals surface area contributed by atoms with E-state index in [0.717, 1.165) is 13.0 Å². The summed E-state index contributed by atoms with van der Waals surface area (Å²) in [5.41, 5.74) is 0. The smallest absolute Gasteiger partial charge is 0.227 e. The first kappa shape index (κ1) is 11.2. The van der Waals surface area contributed by atoms with Gasteiger partial charge in [-0.15, -0.1) is 11.3 Å². The molecule has 1 aromatic heterocycles. The van der Waals surface area contributed by atoms with Crippen LogP contribution in [0.2, 0.25) is 0 Å². The Bertz CT molecular complexity index is 404. The van der Waals surface area contributed by atoms with Gasteiger partial charge in [-0.2, -0.15) is 0 Å². The van der Waals surface area contributed by atoms with E-state index in [2.05, 4.69) is 16.8 Å². The first-order valence-corrected chi connectivity index (χ1v) is 7.15. The Balaban J connectivity index is 1.62. The lowest BCUT2D eigenvalue weighted by Gasteiger charge is -2.25. The predicted molar refractivity (Wildman–Crippen MR) is 68.8 cm³/mol. The van der Waals surface area contributed by atoms with Crippen LogP contribution < -0.4 is 5.32 Å². The van der Waals surface area contributed by atoms with Gasteiger partial charge in [0.25, 0.3) is 0 Å². The van der Waals surface area contributed by atoms with E-state index in [-0.39, 0.29) is 5.92 Å². The molecule has 2 bridgehead atoms. The van der Waals surface area contributed by atoms with Gasteiger partial charge in [-0.3, -0.25) is 4.79 Å². The van der Waals surface area contributed by atoms with Gasteiger partial charge in [-0.05, 0) is 30.7 Å². The molecule has 3 nitrogen and oxygen atoms in total. The van der Waals surface area contributed by atoms with Crippen LogP contribution in [-0.2, 0) is 11.3 Å². The summed E-state index contributed by atoms with van der Waals surface area (Å²) < 4.78 is 0. The molecule has 3 unspecified atom stereocenters. The zero-order valence-electron chi connectivity index (χ0n) is 10.1. The molecule has 0 aromatic carbocycles. The maximum atomic E-state index is 12.4. The van der Waals surface area contributed by atoms with Crippen molar-refractivity contribution in [3.05, 3.63) is 22.4 Å². The summed E-state index contributed by atoms with van der Waals surface area (Å²) >= 11 is 1.72. The van der Waals surface area contributed by atoms with Crippen molar-refractivity contribution in [1.29, 1.82) is 0 Å². The first-order valence-electron chi connectivity index (χ1n) is 6.27. The van der Waals surface area contributed by atoms with Crippen molar-refractivity contribution in [1.82, 2.24) is 10.2 Å². The van der Waals surface area contributed by atoms with Gasteiger partial charge in [0.1, 0.15) is 0 Å². The van der Waals surface area contributed by atoms with Crippen LogP contribution in [0.3, 0.4) is 0 Å². The summed E-state index contributed by atoms with van der Waals surface area (Å²) in [5, 5.41) is 5.59. The van der Waals surface area contributed by atoms with Gasteiger partial charge in [0.2, 0.25) is 5.91 Å². The van der Waals surface area contributed by atoms with Crippen LogP contribution in [0.25, 0.3) is 0 Å². The number of nitrogens with one attached hydrogen (secondary N) is 1. The van der Waals surface area contributed by atoms with E-state index in [1.807, 2.05) is 18.0 Å². The Kier molecular flexibility index (Phi) is 2.92. The lowest BCUT2D eigenvalue weighted by Crippen LogP contribution is -2.38. The van der Waals surface area contributed by atoms with Crippen molar-refractivity contribution >= 4 is 17.2 Å². The van der Waals surface area contributed by atoms with Crippen molar-refractivity contribution in [2.45, 2.75) is 37.9 Å². The van der Waals surface area contributed by atoms with Crippen LogP contribution in [0.1, 0.15) is 24.1 Å². The standard InChI is InChI=1S/C13H18N2OS/c1-15(8-10-3-2-6-17-10)13(16)11-7-9-4-5-12(11)14-9/h2-3,6,9,11-12,14H,4-5,7-8H2,1H3. The molecule has 2 fully saturated rings. The Hall–Kier alpha value is -0.870. The Labute approximate surface area is 106 Å². The van der Waals surface area contributed by atoms with Gasteiger partial charge < -0.3 is 10.2 Å². The van der Waals surface area contributed by atoms with Gasteiger partial charge in [-0.25, -0.2) is 0 Å². The second-order valence-corrected chi connectivity index (χ2v) is 6.20. The highest BCUT2D eigenvalue weighted by molar-refractivity contribution is 7.09. The highest BCUT2D eigenvalue weighted by atomic mass is 32.1. The summed E-state index contributed by atoms with van der Waals surface area (Å²) in [4.78, 5) is 15.5. The Morgan fingerprint density at radius 3 is 3.06 bits per heavy atom. The van der Waals surface area contributed by atoms with Crippen molar-refractivity contribution in [2.75, 3.05) is 7.05 Å². The largest absolute Gasteiger partial charge is 0.340 e. The average Bonchev–Trinajstić information content (AvgIpc) is 3.04. The molecule has 1 N–H and O–H groups in total. The number of thiophene rings is 1. The minimum Gasteiger partial charge on any atom is -0.340 e. The summed E-state index contributed by atoms with van der Waals surface area (Å²) in [6.45, 7) is 0.754. The molecule has 0 spiro atoms. The molecular formula is C13H18N2OS. The summed E-state index contributed by atoms with van der Waals surface area (Å²) in [6, 6.07) is 5.17. The fourth-order valence-corrected chi connectivity index (χ4v) is 3.85. The molecule has 92 valence electrons. The van der Waals surface area contributed by atoms with Gasteiger partial charge in [0, 0.05) is 24.0 Å². The third-order valence-electron chi connectivity index (χ3n) is 3.97. The van der Waals surface area contributed by atoms with Gasteiger partial charge in [0.15, 0.2) is 0 Å². The maximum Gasteiger partial charge on any atom is 0.227 e. The van der Waals surface area contributed by atoms with Crippen LogP contribution in [0, 0.1) is 5.92 Å². The number of fused-ring (bicyclic) bond motifs is 2. The van der Waals surface area contributed by atoms with E-state index >= 15 is 0 Å². The number of rotatable bonds is 3. The molecule has 3 rings (SSSR count). The second-order valence-electron chi connectivity index (χ2n) is 5.16. The quantitative estimate of drug-likeness (QED) is 0.888. The summed E-state index contributed by atoms with van der Waals surface area (Å²) in [6.07, 6.45) is 3.47. The van der Waals surface area contributed by atoms with Crippen LogP contribution in [0.4, 0.5) is 0 Å². The molecular weight excluding hydrogens is 232 g/mol. The normalized spacial score (nSPS) is 30.8. The molecule has 2 aliphatic rings. The van der Waals surface area contributed by atoms with Crippen LogP contribution in [0.15, 0.2) is 17.5 Å². The molecule has 0 saturated carbocycles. The first-order chi connectivity index (χ1) is 8.24. The number of hydrogen-bond donors (Lipinski definition) is 1. The van der Waals surface area contributed by atoms with E-state index in [1.165, 1.54) is 17.7 Å². The predicted octanol–water partition coefficient (Wildman–Crippen LogP) is 1.85. The lowest BCUT2D eigenvalue weighted by atomic mass is 9.88. The van der Waals surface area contributed by atoms with E-state index in [0.29, 0.717) is 18.0 Å². The van der Waals surface area contributed by atoms with Crippen LogP contribution in [0.5, 0.6) is 0 Å². The van der Waals surface area contributed by atoms with Crippen LogP contribution >= 0.6 is 11.3 Å². The number of carbonyl (C=O) groups excluding carboxylic acids is 1. The second kappa shape index (κ2) is 4.42.